The number of hydrogen-bond acceptors (Lipinski definition) is 13. The number of aliphatic carboxylic acids is 1. The zero-order valence-corrected chi connectivity index (χ0v) is 32.1. The predicted molar refractivity (Wildman–Crippen MR) is 195 cm³/mol. The molecule has 0 aromatic rings. The van der Waals surface area contributed by atoms with Gasteiger partial charge in [0.2, 0.25) is 5.91 Å². The van der Waals surface area contributed by atoms with Crippen LogP contribution in [0, 0.1) is 0 Å². The molecule has 0 aliphatic heterocycles. The number of ether oxygens (including phenoxy) is 10. The molecule has 0 aliphatic rings. The van der Waals surface area contributed by atoms with Crippen molar-refractivity contribution < 1.29 is 66.9 Å². The summed E-state index contributed by atoms with van der Waals surface area (Å²) < 4.78 is 54.3. The fourth-order valence-electron chi connectivity index (χ4n) is 4.44. The maximum absolute atomic E-state index is 11.8. The maximum Gasteiger partial charge on any atom is 0.305 e. The zero-order valence-electron chi connectivity index (χ0n) is 32.1. The summed E-state index contributed by atoms with van der Waals surface area (Å²) in [5.41, 5.74) is 0. The van der Waals surface area contributed by atoms with Crippen LogP contribution in [0.4, 0.5) is 0 Å². The van der Waals surface area contributed by atoms with Crippen molar-refractivity contribution in [1.29, 1.82) is 0 Å². The predicted octanol–water partition coefficient (Wildman–Crippen LogP) is 3.97. The molecule has 2 N–H and O–H groups in total. The fourth-order valence-corrected chi connectivity index (χ4v) is 4.44. The lowest BCUT2D eigenvalue weighted by molar-refractivity contribution is -0.145. The Morgan fingerprint density at radius 3 is 1.13 bits per heavy atom. The van der Waals surface area contributed by atoms with Gasteiger partial charge in [0.15, 0.2) is 0 Å². The third-order valence-corrected chi connectivity index (χ3v) is 7.30. The van der Waals surface area contributed by atoms with Gasteiger partial charge in [-0.15, -0.1) is 0 Å². The Hall–Kier alpha value is -1.95. The lowest BCUT2D eigenvalue weighted by Gasteiger charge is -2.09. The number of esters is 1. The van der Waals surface area contributed by atoms with E-state index in [1.165, 1.54) is 44.9 Å². The van der Waals surface area contributed by atoms with Gasteiger partial charge in [-0.25, -0.2) is 0 Å². The number of hydrogen-bond donors (Lipinski definition) is 2. The van der Waals surface area contributed by atoms with Crippen LogP contribution in [0.3, 0.4) is 0 Å². The van der Waals surface area contributed by atoms with Crippen LogP contribution in [0.2, 0.25) is 0 Å². The molecule has 15 heteroatoms. The molecular formula is C37H71NO14. The average molecular weight is 754 g/mol. The number of carboxylic acids is 1. The number of amides is 1. The van der Waals surface area contributed by atoms with Gasteiger partial charge in [0.1, 0.15) is 6.61 Å². The van der Waals surface area contributed by atoms with Crippen LogP contribution in [0.5, 0.6) is 0 Å². The van der Waals surface area contributed by atoms with Gasteiger partial charge in [-0.1, -0.05) is 58.3 Å². The molecule has 15 nitrogen and oxygen atoms in total. The van der Waals surface area contributed by atoms with Crippen molar-refractivity contribution in [2.75, 3.05) is 132 Å². The highest BCUT2D eigenvalue weighted by Crippen LogP contribution is 2.10. The van der Waals surface area contributed by atoms with Gasteiger partial charge in [0, 0.05) is 26.0 Å². The molecule has 0 atom stereocenters. The Morgan fingerprint density at radius 1 is 0.404 bits per heavy atom. The van der Waals surface area contributed by atoms with E-state index < -0.39 is 5.97 Å². The largest absolute Gasteiger partial charge is 0.481 e. The highest BCUT2D eigenvalue weighted by molar-refractivity contribution is 5.80. The van der Waals surface area contributed by atoms with Crippen LogP contribution in [0.1, 0.15) is 90.4 Å². The molecule has 0 bridgehead atoms. The van der Waals surface area contributed by atoms with E-state index >= 15 is 0 Å². The van der Waals surface area contributed by atoms with Crippen molar-refractivity contribution in [2.24, 2.45) is 0 Å². The van der Waals surface area contributed by atoms with Crippen LogP contribution < -0.4 is 5.32 Å². The Morgan fingerprint density at radius 2 is 0.750 bits per heavy atom. The first-order valence-electron chi connectivity index (χ1n) is 19.4. The molecule has 308 valence electrons. The number of carbonyl (C=O) groups excluding carboxylic acids is 2. The number of carbonyl (C=O) groups is 3. The summed E-state index contributed by atoms with van der Waals surface area (Å²) >= 11 is 0. The molecule has 0 saturated heterocycles. The van der Waals surface area contributed by atoms with Crippen LogP contribution in [0.15, 0.2) is 0 Å². The summed E-state index contributed by atoms with van der Waals surface area (Å²) in [5.74, 6) is -1.40. The summed E-state index contributed by atoms with van der Waals surface area (Å²) in [6.07, 6.45) is 12.0. The molecule has 0 aromatic carbocycles. The number of unbranched alkanes of at least 4 members (excludes halogenated alkanes) is 8. The van der Waals surface area contributed by atoms with E-state index in [0.29, 0.717) is 138 Å². The molecule has 0 saturated carbocycles. The topological polar surface area (TPSA) is 176 Å². The van der Waals surface area contributed by atoms with Crippen LogP contribution in [0.25, 0.3) is 0 Å². The molecule has 0 radical (unpaired) electrons. The minimum absolute atomic E-state index is 0.0117. The van der Waals surface area contributed by atoms with E-state index in [1.807, 2.05) is 0 Å². The summed E-state index contributed by atoms with van der Waals surface area (Å²) in [4.78, 5) is 33.6. The van der Waals surface area contributed by atoms with E-state index in [1.54, 1.807) is 0 Å². The van der Waals surface area contributed by atoms with Gasteiger partial charge in [0.05, 0.1) is 119 Å². The molecular weight excluding hydrogens is 682 g/mol. The third-order valence-electron chi connectivity index (χ3n) is 7.30. The number of nitrogens with one attached hydrogen (secondary N) is 1. The van der Waals surface area contributed by atoms with Crippen molar-refractivity contribution in [3.05, 3.63) is 0 Å². The minimum Gasteiger partial charge on any atom is -0.481 e. The lowest BCUT2D eigenvalue weighted by atomic mass is 10.1. The van der Waals surface area contributed by atoms with Crippen molar-refractivity contribution in [2.45, 2.75) is 90.4 Å². The molecule has 0 heterocycles. The molecule has 0 aliphatic carbocycles. The zero-order chi connectivity index (χ0) is 37.8. The van der Waals surface area contributed by atoms with Crippen molar-refractivity contribution in [3.8, 4) is 0 Å². The van der Waals surface area contributed by atoms with Gasteiger partial charge in [-0.2, -0.15) is 0 Å². The highest BCUT2D eigenvalue weighted by Gasteiger charge is 2.05. The SMILES string of the molecule is CCCCCCCCCCCC(=O)OCCOCCOCCOCCOCCOCCOCCOCCOCCOCCCNC(=O)CCC(=O)O. The van der Waals surface area contributed by atoms with E-state index in [4.69, 9.17) is 52.5 Å². The third kappa shape index (κ3) is 44.2. The first-order valence-corrected chi connectivity index (χ1v) is 19.4. The Labute approximate surface area is 312 Å². The second-order valence-corrected chi connectivity index (χ2v) is 11.9. The van der Waals surface area contributed by atoms with E-state index in [0.717, 1.165) is 12.8 Å². The van der Waals surface area contributed by atoms with Crippen LogP contribution in [-0.4, -0.2) is 155 Å². The molecule has 0 aromatic heterocycles. The highest BCUT2D eigenvalue weighted by atomic mass is 16.6. The first kappa shape index (κ1) is 50.1. The monoisotopic (exact) mass is 753 g/mol. The van der Waals surface area contributed by atoms with E-state index in [-0.39, 0.29) is 31.3 Å². The minimum atomic E-state index is -0.984. The van der Waals surface area contributed by atoms with E-state index in [2.05, 4.69) is 12.2 Å². The van der Waals surface area contributed by atoms with Crippen LogP contribution >= 0.6 is 0 Å². The van der Waals surface area contributed by atoms with E-state index in [9.17, 15) is 14.4 Å². The van der Waals surface area contributed by atoms with Crippen LogP contribution in [-0.2, 0) is 61.8 Å². The van der Waals surface area contributed by atoms with Gasteiger partial charge < -0.3 is 57.8 Å². The molecule has 0 fully saturated rings. The Balaban J connectivity index is 3.14. The second-order valence-electron chi connectivity index (χ2n) is 11.9. The second kappa shape index (κ2) is 43.5. The molecule has 0 unspecified atom stereocenters. The lowest BCUT2D eigenvalue weighted by Crippen LogP contribution is -2.25. The molecule has 52 heavy (non-hydrogen) atoms. The normalized spacial score (nSPS) is 11.2. The quantitative estimate of drug-likeness (QED) is 0.0675. The Kier molecular flexibility index (Phi) is 41.8. The Bertz CT molecular complexity index is 777. The summed E-state index contributed by atoms with van der Waals surface area (Å²) in [5, 5.41) is 11.2. The smallest absolute Gasteiger partial charge is 0.305 e. The van der Waals surface area contributed by atoms with Gasteiger partial charge in [-0.3, -0.25) is 14.4 Å². The number of carboxylic acid groups (broad SMARTS) is 1. The van der Waals surface area contributed by atoms with Gasteiger partial charge >= 0.3 is 11.9 Å². The summed E-state index contributed by atoms with van der Waals surface area (Å²) in [6.45, 7) is 11.3. The molecule has 0 rings (SSSR count). The average Bonchev–Trinajstić information content (AvgIpc) is 3.13. The summed E-state index contributed by atoms with van der Waals surface area (Å²) in [6, 6.07) is 0. The summed E-state index contributed by atoms with van der Waals surface area (Å²) in [7, 11) is 0. The fraction of sp³-hybridized carbons (Fsp3) is 0.919. The molecule has 0 spiro atoms. The van der Waals surface area contributed by atoms with Gasteiger partial charge in [-0.05, 0) is 12.8 Å². The van der Waals surface area contributed by atoms with Crippen molar-refractivity contribution in [3.63, 3.8) is 0 Å². The van der Waals surface area contributed by atoms with Gasteiger partial charge in [0.25, 0.3) is 0 Å². The first-order chi connectivity index (χ1) is 25.6. The maximum atomic E-state index is 11.8. The number of rotatable bonds is 44. The molecule has 1 amide bonds. The van der Waals surface area contributed by atoms with Crippen molar-refractivity contribution in [1.82, 2.24) is 5.32 Å². The standard InChI is InChI=1S/C37H71NO14/c1-2-3-4-5-6-7-8-9-10-12-37(42)52-34-33-51-32-31-50-30-29-49-28-27-48-26-25-47-24-23-46-22-21-45-20-19-44-18-17-43-16-11-15-38-35(39)13-14-36(40)41/h2-34H2,1H3,(H,38,39)(H,40,41). The van der Waals surface area contributed by atoms with Crippen molar-refractivity contribution >= 4 is 17.8 Å².